The maximum atomic E-state index is 4.07. The van der Waals surface area contributed by atoms with Crippen LogP contribution < -0.4 is 5.32 Å². The first-order valence-corrected chi connectivity index (χ1v) is 6.73. The maximum Gasteiger partial charge on any atom is 0.137 e. The summed E-state index contributed by atoms with van der Waals surface area (Å²) in [4.78, 5) is 3.91. The normalized spacial score (nSPS) is 12.6. The zero-order valence-electron chi connectivity index (χ0n) is 9.80. The van der Waals surface area contributed by atoms with Crippen molar-refractivity contribution in [1.29, 1.82) is 0 Å². The van der Waals surface area contributed by atoms with E-state index in [0.717, 1.165) is 31.0 Å². The maximum absolute atomic E-state index is 4.07. The highest BCUT2D eigenvalue weighted by molar-refractivity contribution is 7.99. The summed E-state index contributed by atoms with van der Waals surface area (Å²) in [5, 5.41) is 7.56. The number of hydrogen-bond acceptors (Lipinski definition) is 4. The monoisotopic (exact) mass is 240 g/mol. The van der Waals surface area contributed by atoms with Gasteiger partial charge in [0.05, 0.1) is 0 Å². The third kappa shape index (κ3) is 5.92. The van der Waals surface area contributed by atoms with Gasteiger partial charge in [0.15, 0.2) is 0 Å². The Labute approximate surface area is 102 Å². The third-order valence-electron chi connectivity index (χ3n) is 2.23. The molecular formula is C11H20N4S. The molecule has 5 heteroatoms. The molecule has 1 N–H and O–H groups in total. The van der Waals surface area contributed by atoms with Gasteiger partial charge in [-0.15, -0.1) is 6.58 Å². The second-order valence-corrected chi connectivity index (χ2v) is 4.82. The summed E-state index contributed by atoms with van der Waals surface area (Å²) in [5.41, 5.74) is 0. The molecule has 1 atom stereocenters. The molecular weight excluding hydrogens is 220 g/mol. The number of thioether (sulfide) groups is 1. The number of aromatic nitrogens is 3. The van der Waals surface area contributed by atoms with E-state index in [4.69, 9.17) is 0 Å². The van der Waals surface area contributed by atoms with Gasteiger partial charge < -0.3 is 5.32 Å². The number of hydrogen-bond donors (Lipinski definition) is 1. The van der Waals surface area contributed by atoms with Crippen molar-refractivity contribution in [3.05, 3.63) is 25.3 Å². The average Bonchev–Trinajstić information content (AvgIpc) is 2.79. The molecule has 0 aliphatic carbocycles. The fraction of sp³-hybridized carbons (Fsp3) is 0.636. The van der Waals surface area contributed by atoms with E-state index >= 15 is 0 Å². The van der Waals surface area contributed by atoms with E-state index in [1.165, 1.54) is 0 Å². The standard InChI is InChI=1S/C11H20N4S/c1-3-7-16-8-5-13-11(2)4-6-15-10-12-9-14-15/h3,9-11,13H,1,4-8H2,2H3. The van der Waals surface area contributed by atoms with Crippen LogP contribution in [-0.2, 0) is 6.54 Å². The second kappa shape index (κ2) is 8.35. The predicted octanol–water partition coefficient (Wildman–Crippen LogP) is 1.57. The molecule has 1 aromatic heterocycles. The fourth-order valence-corrected chi connectivity index (χ4v) is 1.92. The summed E-state index contributed by atoms with van der Waals surface area (Å²) >= 11 is 1.90. The van der Waals surface area contributed by atoms with E-state index in [2.05, 4.69) is 28.9 Å². The molecule has 0 saturated heterocycles. The van der Waals surface area contributed by atoms with Crippen molar-refractivity contribution >= 4 is 11.8 Å². The SMILES string of the molecule is C=CCSCCNC(C)CCn1cncn1. The van der Waals surface area contributed by atoms with Gasteiger partial charge in [0.1, 0.15) is 12.7 Å². The minimum atomic E-state index is 0.522. The lowest BCUT2D eigenvalue weighted by Gasteiger charge is -2.13. The fourth-order valence-electron chi connectivity index (χ4n) is 1.32. The molecule has 0 spiro atoms. The number of nitrogens with zero attached hydrogens (tertiary/aromatic N) is 3. The van der Waals surface area contributed by atoms with Gasteiger partial charge in [-0.25, -0.2) is 4.98 Å². The van der Waals surface area contributed by atoms with Crippen LogP contribution in [0, 0.1) is 0 Å². The molecule has 90 valence electrons. The van der Waals surface area contributed by atoms with Crippen molar-refractivity contribution < 1.29 is 0 Å². The van der Waals surface area contributed by atoms with Gasteiger partial charge in [-0.3, -0.25) is 4.68 Å². The summed E-state index contributed by atoms with van der Waals surface area (Å²) in [6.45, 7) is 7.88. The molecule has 1 aromatic rings. The van der Waals surface area contributed by atoms with Gasteiger partial charge in [0, 0.05) is 30.6 Å². The molecule has 4 nitrogen and oxygen atoms in total. The van der Waals surface area contributed by atoms with Gasteiger partial charge >= 0.3 is 0 Å². The van der Waals surface area contributed by atoms with Crippen molar-refractivity contribution in [2.75, 3.05) is 18.1 Å². The zero-order valence-corrected chi connectivity index (χ0v) is 10.6. The van der Waals surface area contributed by atoms with Gasteiger partial charge in [0.2, 0.25) is 0 Å². The van der Waals surface area contributed by atoms with Crippen molar-refractivity contribution in [3.63, 3.8) is 0 Å². The highest BCUT2D eigenvalue weighted by Crippen LogP contribution is 1.99. The lowest BCUT2D eigenvalue weighted by Crippen LogP contribution is -2.29. The minimum Gasteiger partial charge on any atom is -0.313 e. The van der Waals surface area contributed by atoms with Crippen molar-refractivity contribution in [1.82, 2.24) is 20.1 Å². The van der Waals surface area contributed by atoms with E-state index in [0.29, 0.717) is 6.04 Å². The van der Waals surface area contributed by atoms with E-state index in [-0.39, 0.29) is 0 Å². The van der Waals surface area contributed by atoms with Crippen molar-refractivity contribution in [2.24, 2.45) is 0 Å². The molecule has 0 aromatic carbocycles. The smallest absolute Gasteiger partial charge is 0.137 e. The summed E-state index contributed by atoms with van der Waals surface area (Å²) in [5.74, 6) is 2.18. The number of aryl methyl sites for hydroxylation is 1. The van der Waals surface area contributed by atoms with E-state index < -0.39 is 0 Å². The van der Waals surface area contributed by atoms with Crippen LogP contribution in [0.4, 0.5) is 0 Å². The summed E-state index contributed by atoms with van der Waals surface area (Å²) in [6.07, 6.45) is 6.35. The van der Waals surface area contributed by atoms with E-state index in [1.807, 2.05) is 22.5 Å². The van der Waals surface area contributed by atoms with Crippen LogP contribution in [0.1, 0.15) is 13.3 Å². The van der Waals surface area contributed by atoms with Crippen LogP contribution in [-0.4, -0.2) is 38.9 Å². The first-order chi connectivity index (χ1) is 7.83. The lowest BCUT2D eigenvalue weighted by molar-refractivity contribution is 0.468. The minimum absolute atomic E-state index is 0.522. The highest BCUT2D eigenvalue weighted by atomic mass is 32.2. The Morgan fingerprint density at radius 2 is 2.50 bits per heavy atom. The molecule has 0 fully saturated rings. The zero-order chi connectivity index (χ0) is 11.6. The number of nitrogens with one attached hydrogen (secondary N) is 1. The predicted molar refractivity (Wildman–Crippen MR) is 69.6 cm³/mol. The van der Waals surface area contributed by atoms with E-state index in [1.54, 1.807) is 12.7 Å². The first-order valence-electron chi connectivity index (χ1n) is 5.57. The molecule has 0 saturated carbocycles. The Morgan fingerprint density at radius 3 is 3.19 bits per heavy atom. The molecule has 0 radical (unpaired) electrons. The van der Waals surface area contributed by atoms with Gasteiger partial charge in [0.25, 0.3) is 0 Å². The van der Waals surface area contributed by atoms with Gasteiger partial charge in [-0.2, -0.15) is 16.9 Å². The average molecular weight is 240 g/mol. The van der Waals surface area contributed by atoms with E-state index in [9.17, 15) is 0 Å². The Bertz CT molecular complexity index is 274. The summed E-state index contributed by atoms with van der Waals surface area (Å²) in [7, 11) is 0. The molecule has 1 heterocycles. The Balaban J connectivity index is 1.98. The Kier molecular flexibility index (Phi) is 6.92. The molecule has 1 rings (SSSR count). The topological polar surface area (TPSA) is 42.7 Å². The number of rotatable bonds is 9. The quantitative estimate of drug-likeness (QED) is 0.525. The second-order valence-electron chi connectivity index (χ2n) is 3.67. The third-order valence-corrected chi connectivity index (χ3v) is 3.20. The van der Waals surface area contributed by atoms with Crippen LogP contribution >= 0.6 is 11.8 Å². The highest BCUT2D eigenvalue weighted by Gasteiger charge is 2.01. The molecule has 0 amide bonds. The summed E-state index contributed by atoms with van der Waals surface area (Å²) in [6, 6.07) is 0.522. The summed E-state index contributed by atoms with van der Waals surface area (Å²) < 4.78 is 1.87. The Morgan fingerprint density at radius 1 is 1.62 bits per heavy atom. The van der Waals surface area contributed by atoms with Crippen LogP contribution in [0.3, 0.4) is 0 Å². The van der Waals surface area contributed by atoms with Crippen molar-refractivity contribution in [2.45, 2.75) is 25.9 Å². The lowest BCUT2D eigenvalue weighted by atomic mass is 10.2. The van der Waals surface area contributed by atoms with Crippen LogP contribution in [0.2, 0.25) is 0 Å². The van der Waals surface area contributed by atoms with Gasteiger partial charge in [-0.05, 0) is 13.3 Å². The first kappa shape index (κ1) is 13.3. The molecule has 16 heavy (non-hydrogen) atoms. The molecule has 0 aliphatic rings. The van der Waals surface area contributed by atoms with Crippen LogP contribution in [0.5, 0.6) is 0 Å². The molecule has 1 unspecified atom stereocenters. The molecule has 0 aliphatic heterocycles. The van der Waals surface area contributed by atoms with Crippen molar-refractivity contribution in [3.8, 4) is 0 Å². The molecule has 0 bridgehead atoms. The van der Waals surface area contributed by atoms with Crippen LogP contribution in [0.25, 0.3) is 0 Å². The Hall–Kier alpha value is -0.810. The van der Waals surface area contributed by atoms with Gasteiger partial charge in [-0.1, -0.05) is 6.08 Å². The largest absolute Gasteiger partial charge is 0.313 e. The van der Waals surface area contributed by atoms with Crippen LogP contribution in [0.15, 0.2) is 25.3 Å².